The van der Waals surface area contributed by atoms with E-state index in [-0.39, 0.29) is 0 Å². The van der Waals surface area contributed by atoms with Crippen molar-refractivity contribution >= 4 is 6.09 Å². The van der Waals surface area contributed by atoms with Crippen LogP contribution < -0.4 is 5.73 Å². The van der Waals surface area contributed by atoms with Gasteiger partial charge in [0.2, 0.25) is 0 Å². The predicted octanol–water partition coefficient (Wildman–Crippen LogP) is 1.29. The Morgan fingerprint density at radius 1 is 0.750 bits per heavy atom. The number of nitrogens with zero attached hydrogens (tertiary/aromatic N) is 6. The first-order valence-corrected chi connectivity index (χ1v) is 10.2. The largest absolute Gasteiger partial charge is 0.465 e. The fourth-order valence-electron chi connectivity index (χ4n) is 4.25. The van der Waals surface area contributed by atoms with Crippen molar-refractivity contribution in [2.24, 2.45) is 5.73 Å². The van der Waals surface area contributed by atoms with Gasteiger partial charge in [-0.15, -0.1) is 0 Å². The average molecular weight is 404 g/mol. The van der Waals surface area contributed by atoms with Gasteiger partial charge in [-0.25, -0.2) is 4.79 Å². The lowest BCUT2D eigenvalue weighted by Gasteiger charge is -2.52. The van der Waals surface area contributed by atoms with Crippen LogP contribution in [-0.4, -0.2) is 121 Å². The third-order valence-electron chi connectivity index (χ3n) is 5.24. The number of rotatable bonds is 9. The number of amides is 1. The molecule has 1 fully saturated rings. The van der Waals surface area contributed by atoms with Gasteiger partial charge in [0.15, 0.2) is 0 Å². The van der Waals surface area contributed by atoms with Crippen molar-refractivity contribution in [2.45, 2.75) is 58.5 Å². The molecule has 3 unspecified atom stereocenters. The quantitative estimate of drug-likeness (QED) is 0.596. The average Bonchev–Trinajstić information content (AvgIpc) is 2.55. The molecule has 3 atom stereocenters. The summed E-state index contributed by atoms with van der Waals surface area (Å²) < 4.78 is 0. The van der Waals surface area contributed by atoms with Crippen molar-refractivity contribution in [3.8, 4) is 0 Å². The molecule has 0 aromatic rings. The van der Waals surface area contributed by atoms with E-state index in [4.69, 9.17) is 9.90 Å². The number of nitrogens with two attached hydrogens (primary N) is 1. The van der Waals surface area contributed by atoms with E-state index in [0.29, 0.717) is 18.5 Å². The number of hydrogen-bond acceptors (Lipinski definition) is 7. The molecule has 0 saturated carbocycles. The Bertz CT molecular complexity index is 372. The van der Waals surface area contributed by atoms with Gasteiger partial charge >= 0.3 is 6.09 Å². The predicted molar refractivity (Wildman–Crippen MR) is 116 cm³/mol. The van der Waals surface area contributed by atoms with Crippen LogP contribution in [0.1, 0.15) is 40.0 Å². The smallest absolute Gasteiger partial charge is 0.402 e. The summed E-state index contributed by atoms with van der Waals surface area (Å²) in [4.78, 5) is 23.7. The van der Waals surface area contributed by atoms with Crippen molar-refractivity contribution in [2.75, 3.05) is 62.3 Å². The molecule has 0 radical (unpaired) electrons. The SMILES string of the molecule is CCC(N(C)C)N1CN(C(CC)N(C)C)CN(C(CC)N(C)C)C1.NC(=O)O. The lowest BCUT2D eigenvalue weighted by Crippen LogP contribution is -2.66. The van der Waals surface area contributed by atoms with Gasteiger partial charge in [-0.2, -0.15) is 0 Å². The Kier molecular flexibility index (Phi) is 12.8. The van der Waals surface area contributed by atoms with E-state index in [9.17, 15) is 0 Å². The van der Waals surface area contributed by atoms with Gasteiger partial charge in [-0.1, -0.05) is 20.8 Å². The lowest BCUT2D eigenvalue weighted by molar-refractivity contribution is -0.143. The summed E-state index contributed by atoms with van der Waals surface area (Å²) >= 11 is 0. The van der Waals surface area contributed by atoms with Crippen LogP contribution in [0.2, 0.25) is 0 Å². The molecule has 1 aliphatic rings. The highest BCUT2D eigenvalue weighted by Crippen LogP contribution is 2.21. The minimum Gasteiger partial charge on any atom is -0.465 e. The van der Waals surface area contributed by atoms with Gasteiger partial charge in [-0.3, -0.25) is 29.4 Å². The molecule has 9 heteroatoms. The van der Waals surface area contributed by atoms with Crippen LogP contribution in [-0.2, 0) is 0 Å². The Balaban J connectivity index is 0.00000165. The second kappa shape index (κ2) is 13.3. The Morgan fingerprint density at radius 3 is 1.04 bits per heavy atom. The highest BCUT2D eigenvalue weighted by molar-refractivity contribution is 5.61. The zero-order valence-electron chi connectivity index (χ0n) is 19.6. The zero-order chi connectivity index (χ0) is 22.0. The maximum absolute atomic E-state index is 8.78. The van der Waals surface area contributed by atoms with E-state index in [0.717, 1.165) is 39.3 Å². The topological polar surface area (TPSA) is 82.8 Å². The molecule has 1 amide bonds. The van der Waals surface area contributed by atoms with Crippen LogP contribution in [0.3, 0.4) is 0 Å². The van der Waals surface area contributed by atoms with Crippen molar-refractivity contribution in [1.82, 2.24) is 29.4 Å². The number of carbonyl (C=O) groups is 1. The third-order valence-corrected chi connectivity index (χ3v) is 5.24. The first kappa shape index (κ1) is 27.0. The van der Waals surface area contributed by atoms with Crippen molar-refractivity contribution in [3.63, 3.8) is 0 Å². The molecule has 0 bridgehead atoms. The molecule has 1 rings (SSSR count). The van der Waals surface area contributed by atoms with Gasteiger partial charge in [-0.05, 0) is 61.5 Å². The number of primary amides is 1. The monoisotopic (exact) mass is 403 g/mol. The van der Waals surface area contributed by atoms with E-state index in [1.54, 1.807) is 0 Å². The zero-order valence-corrected chi connectivity index (χ0v) is 19.6. The second-order valence-corrected chi connectivity index (χ2v) is 8.09. The van der Waals surface area contributed by atoms with Gasteiger partial charge in [0.1, 0.15) is 0 Å². The van der Waals surface area contributed by atoms with E-state index in [2.05, 4.69) is 98.2 Å². The first-order valence-electron chi connectivity index (χ1n) is 10.2. The van der Waals surface area contributed by atoms with Gasteiger partial charge in [0.25, 0.3) is 0 Å². The van der Waals surface area contributed by atoms with E-state index < -0.39 is 6.09 Å². The number of hydrogen-bond donors (Lipinski definition) is 2. The van der Waals surface area contributed by atoms with Crippen LogP contribution in [0, 0.1) is 0 Å². The summed E-state index contributed by atoms with van der Waals surface area (Å²) in [5.74, 6) is 0. The summed E-state index contributed by atoms with van der Waals surface area (Å²) in [5.41, 5.74) is 4.03. The van der Waals surface area contributed by atoms with Gasteiger partial charge < -0.3 is 10.8 Å². The summed E-state index contributed by atoms with van der Waals surface area (Å²) in [7, 11) is 13.2. The molecule has 0 aliphatic carbocycles. The molecule has 3 N–H and O–H groups in total. The second-order valence-electron chi connectivity index (χ2n) is 8.09. The van der Waals surface area contributed by atoms with Crippen molar-refractivity contribution in [3.05, 3.63) is 0 Å². The van der Waals surface area contributed by atoms with E-state index >= 15 is 0 Å². The Morgan fingerprint density at radius 2 is 0.929 bits per heavy atom. The van der Waals surface area contributed by atoms with Crippen LogP contribution in [0.4, 0.5) is 4.79 Å². The van der Waals surface area contributed by atoms with Crippen LogP contribution in [0.15, 0.2) is 0 Å². The molecule has 9 nitrogen and oxygen atoms in total. The summed E-state index contributed by atoms with van der Waals surface area (Å²) in [6.45, 7) is 9.98. The summed E-state index contributed by atoms with van der Waals surface area (Å²) in [6, 6.07) is 0. The first-order chi connectivity index (χ1) is 13.0. The fraction of sp³-hybridized carbons (Fsp3) is 0.947. The third kappa shape index (κ3) is 8.59. The molecule has 0 spiro atoms. The van der Waals surface area contributed by atoms with E-state index in [1.807, 2.05) is 0 Å². The molecule has 28 heavy (non-hydrogen) atoms. The standard InChI is InChI=1S/C18H42N6.CH3NO2/c1-10-16(19(4)5)22-13-23(17(11-2)20(6)7)15-24(14-22)18(12-3)21(8)9;2-1(3)4/h16-18H,10-15H2,1-9H3;2H2,(H,3,4). The van der Waals surface area contributed by atoms with Crippen LogP contribution in [0.25, 0.3) is 0 Å². The normalized spacial score (nSPS) is 20.1. The molecule has 0 aromatic heterocycles. The highest BCUT2D eigenvalue weighted by Gasteiger charge is 2.35. The number of carboxylic acid groups (broad SMARTS) is 1. The molecule has 1 saturated heterocycles. The van der Waals surface area contributed by atoms with Crippen LogP contribution >= 0.6 is 0 Å². The highest BCUT2D eigenvalue weighted by atomic mass is 16.4. The molecular formula is C19H45N7O2. The van der Waals surface area contributed by atoms with Crippen LogP contribution in [0.5, 0.6) is 0 Å². The minimum absolute atomic E-state index is 0.481. The Hall–Kier alpha value is -0.970. The van der Waals surface area contributed by atoms with Crippen molar-refractivity contribution in [1.29, 1.82) is 0 Å². The maximum atomic E-state index is 8.78. The van der Waals surface area contributed by atoms with Crippen molar-refractivity contribution < 1.29 is 9.90 Å². The molecule has 168 valence electrons. The molecule has 0 aromatic carbocycles. The minimum atomic E-state index is -1.33. The van der Waals surface area contributed by atoms with Gasteiger partial charge in [0.05, 0.1) is 38.5 Å². The molecule has 1 heterocycles. The molecule has 1 aliphatic heterocycles. The summed E-state index contributed by atoms with van der Waals surface area (Å²) in [5, 5.41) is 7.19. The van der Waals surface area contributed by atoms with Gasteiger partial charge in [0, 0.05) is 0 Å². The van der Waals surface area contributed by atoms with E-state index in [1.165, 1.54) is 0 Å². The maximum Gasteiger partial charge on any atom is 0.402 e. The lowest BCUT2D eigenvalue weighted by atomic mass is 10.2. The Labute approximate surface area is 172 Å². The molecular weight excluding hydrogens is 358 g/mol. The summed E-state index contributed by atoms with van der Waals surface area (Å²) in [6.07, 6.45) is 3.55. The fourth-order valence-corrected chi connectivity index (χ4v) is 4.25.